The second-order valence-corrected chi connectivity index (χ2v) is 7.71. The number of amides is 1. The van der Waals surface area contributed by atoms with E-state index in [1.54, 1.807) is 50.2 Å². The van der Waals surface area contributed by atoms with Gasteiger partial charge < -0.3 is 10.3 Å². The Labute approximate surface area is 170 Å². The molecule has 0 radical (unpaired) electrons. The third-order valence-corrected chi connectivity index (χ3v) is 5.15. The first-order chi connectivity index (χ1) is 13.8. The van der Waals surface area contributed by atoms with E-state index in [4.69, 9.17) is 0 Å². The summed E-state index contributed by atoms with van der Waals surface area (Å²) >= 11 is 1.31. The quantitative estimate of drug-likeness (QED) is 0.363. The number of non-ortho nitro benzene ring substituents is 1. The predicted octanol–water partition coefficient (Wildman–Crippen LogP) is 3.77. The highest BCUT2D eigenvalue weighted by molar-refractivity contribution is 8.00. The van der Waals surface area contributed by atoms with Gasteiger partial charge in [0.2, 0.25) is 5.91 Å². The lowest BCUT2D eigenvalue weighted by Gasteiger charge is -2.12. The van der Waals surface area contributed by atoms with Crippen LogP contribution in [0.15, 0.2) is 64.3 Å². The summed E-state index contributed by atoms with van der Waals surface area (Å²) in [4.78, 5) is 41.9. The average molecular weight is 410 g/mol. The van der Waals surface area contributed by atoms with Gasteiger partial charge >= 0.3 is 0 Å². The highest BCUT2D eigenvalue weighted by atomic mass is 32.2. The summed E-state index contributed by atoms with van der Waals surface area (Å²) in [7, 11) is 0. The number of anilines is 1. The minimum Gasteiger partial charge on any atom is -0.325 e. The fourth-order valence-corrected chi connectivity index (χ4v) is 3.47. The number of nitrogens with zero attached hydrogens (tertiary/aromatic N) is 2. The maximum absolute atomic E-state index is 12.4. The van der Waals surface area contributed by atoms with Crippen LogP contribution in [0.5, 0.6) is 0 Å². The normalized spacial score (nSPS) is 11.7. The molecule has 3 rings (SSSR count). The minimum atomic E-state index is -0.462. The number of nitro benzene ring substituents is 1. The van der Waals surface area contributed by atoms with Crippen molar-refractivity contribution in [3.05, 3.63) is 80.9 Å². The van der Waals surface area contributed by atoms with Crippen molar-refractivity contribution in [3.8, 4) is 11.3 Å². The van der Waals surface area contributed by atoms with E-state index in [0.717, 1.165) is 10.5 Å². The second-order valence-electron chi connectivity index (χ2n) is 6.29. The number of benzene rings is 2. The maximum Gasteiger partial charge on any atom is 0.269 e. The SMILES string of the molecule is Cc1nc(-c2ccc(NC(=O)[C@@H](C)Sc3ccc([N+](=O)[O-])cc3)cc2)cc(=O)[nH]1. The van der Waals surface area contributed by atoms with Gasteiger partial charge in [0.15, 0.2) is 0 Å². The Hall–Kier alpha value is -3.46. The summed E-state index contributed by atoms with van der Waals surface area (Å²) in [5.41, 5.74) is 1.74. The first-order valence-corrected chi connectivity index (χ1v) is 9.60. The molecule has 148 valence electrons. The molecule has 1 atom stereocenters. The number of hydrogen-bond acceptors (Lipinski definition) is 6. The molecule has 0 saturated heterocycles. The number of aromatic amines is 1. The third-order valence-electron chi connectivity index (χ3n) is 4.04. The van der Waals surface area contributed by atoms with E-state index in [-0.39, 0.29) is 17.2 Å². The maximum atomic E-state index is 12.4. The van der Waals surface area contributed by atoms with Crippen molar-refractivity contribution in [2.75, 3.05) is 5.32 Å². The smallest absolute Gasteiger partial charge is 0.269 e. The largest absolute Gasteiger partial charge is 0.325 e. The van der Waals surface area contributed by atoms with Crippen LogP contribution in [-0.4, -0.2) is 26.0 Å². The van der Waals surface area contributed by atoms with Crippen LogP contribution >= 0.6 is 11.8 Å². The zero-order valence-electron chi connectivity index (χ0n) is 15.7. The second kappa shape index (κ2) is 8.70. The lowest BCUT2D eigenvalue weighted by Crippen LogP contribution is -2.22. The van der Waals surface area contributed by atoms with Gasteiger partial charge in [0.05, 0.1) is 15.9 Å². The molecule has 0 unspecified atom stereocenters. The first kappa shape index (κ1) is 20.3. The van der Waals surface area contributed by atoms with Crippen molar-refractivity contribution in [2.24, 2.45) is 0 Å². The molecule has 2 N–H and O–H groups in total. The molecule has 0 aliphatic heterocycles. The van der Waals surface area contributed by atoms with Crippen molar-refractivity contribution in [2.45, 2.75) is 24.0 Å². The Morgan fingerprint density at radius 3 is 2.41 bits per heavy atom. The molecule has 0 aliphatic carbocycles. The van der Waals surface area contributed by atoms with E-state index >= 15 is 0 Å². The monoisotopic (exact) mass is 410 g/mol. The van der Waals surface area contributed by atoms with E-state index in [9.17, 15) is 19.7 Å². The van der Waals surface area contributed by atoms with E-state index in [2.05, 4.69) is 15.3 Å². The van der Waals surface area contributed by atoms with Crippen LogP contribution in [0, 0.1) is 17.0 Å². The number of nitro groups is 1. The molecule has 0 aliphatic rings. The summed E-state index contributed by atoms with van der Waals surface area (Å²) in [5, 5.41) is 13.1. The molecule has 0 bridgehead atoms. The van der Waals surface area contributed by atoms with Gasteiger partial charge in [-0.05, 0) is 38.1 Å². The molecule has 29 heavy (non-hydrogen) atoms. The van der Waals surface area contributed by atoms with Gasteiger partial charge in [-0.15, -0.1) is 11.8 Å². The first-order valence-electron chi connectivity index (χ1n) is 8.72. The summed E-state index contributed by atoms with van der Waals surface area (Å²) in [6.45, 7) is 3.47. The summed E-state index contributed by atoms with van der Waals surface area (Å²) in [5.74, 6) is 0.341. The molecular formula is C20H18N4O4S. The number of hydrogen-bond donors (Lipinski definition) is 2. The van der Waals surface area contributed by atoms with E-state index < -0.39 is 10.2 Å². The predicted molar refractivity (Wildman–Crippen MR) is 112 cm³/mol. The van der Waals surface area contributed by atoms with Crippen molar-refractivity contribution in [3.63, 3.8) is 0 Å². The Balaban J connectivity index is 1.63. The van der Waals surface area contributed by atoms with Gasteiger partial charge in [0, 0.05) is 34.3 Å². The molecule has 3 aromatic rings. The number of carbonyl (C=O) groups is 1. The van der Waals surface area contributed by atoms with Crippen LogP contribution in [0.2, 0.25) is 0 Å². The van der Waals surface area contributed by atoms with Crippen LogP contribution in [0.3, 0.4) is 0 Å². The van der Waals surface area contributed by atoms with Crippen LogP contribution in [0.4, 0.5) is 11.4 Å². The fourth-order valence-electron chi connectivity index (χ4n) is 2.60. The third kappa shape index (κ3) is 5.29. The molecule has 8 nitrogen and oxygen atoms in total. The minimum absolute atomic E-state index is 0.0108. The van der Waals surface area contributed by atoms with Gasteiger partial charge in [0.25, 0.3) is 11.2 Å². The van der Waals surface area contributed by atoms with Crippen molar-refractivity contribution in [1.82, 2.24) is 9.97 Å². The molecule has 0 spiro atoms. The Morgan fingerprint density at radius 1 is 1.17 bits per heavy atom. The topological polar surface area (TPSA) is 118 Å². The van der Waals surface area contributed by atoms with Gasteiger partial charge in [0.1, 0.15) is 5.82 Å². The highest BCUT2D eigenvalue weighted by Crippen LogP contribution is 2.26. The molecule has 2 aromatic carbocycles. The van der Waals surface area contributed by atoms with Crippen LogP contribution in [0.25, 0.3) is 11.3 Å². The van der Waals surface area contributed by atoms with Crippen molar-refractivity contribution >= 4 is 29.0 Å². The Morgan fingerprint density at radius 2 is 1.83 bits per heavy atom. The number of nitrogens with one attached hydrogen (secondary N) is 2. The summed E-state index contributed by atoms with van der Waals surface area (Å²) < 4.78 is 0. The number of aromatic nitrogens is 2. The van der Waals surface area contributed by atoms with Crippen LogP contribution in [0.1, 0.15) is 12.7 Å². The number of aryl methyl sites for hydroxylation is 1. The lowest BCUT2D eigenvalue weighted by molar-refractivity contribution is -0.384. The van der Waals surface area contributed by atoms with Crippen molar-refractivity contribution in [1.29, 1.82) is 0 Å². The van der Waals surface area contributed by atoms with Crippen molar-refractivity contribution < 1.29 is 9.72 Å². The zero-order valence-corrected chi connectivity index (χ0v) is 16.5. The number of carbonyl (C=O) groups excluding carboxylic acids is 1. The molecular weight excluding hydrogens is 392 g/mol. The molecule has 1 aromatic heterocycles. The van der Waals surface area contributed by atoms with Crippen LogP contribution in [-0.2, 0) is 4.79 Å². The lowest BCUT2D eigenvalue weighted by atomic mass is 10.1. The number of rotatable bonds is 6. The molecule has 1 amide bonds. The van der Waals surface area contributed by atoms with E-state index in [1.165, 1.54) is 30.0 Å². The highest BCUT2D eigenvalue weighted by Gasteiger charge is 2.15. The molecule has 0 fully saturated rings. The van der Waals surface area contributed by atoms with Gasteiger partial charge in [-0.3, -0.25) is 19.7 Å². The van der Waals surface area contributed by atoms with E-state index in [1.807, 2.05) is 0 Å². The number of H-pyrrole nitrogens is 1. The average Bonchev–Trinajstić information content (AvgIpc) is 2.68. The van der Waals surface area contributed by atoms with Gasteiger partial charge in [-0.25, -0.2) is 4.98 Å². The molecule has 9 heteroatoms. The Bertz CT molecular complexity index is 1090. The van der Waals surface area contributed by atoms with Gasteiger partial charge in [-0.2, -0.15) is 0 Å². The summed E-state index contributed by atoms with van der Waals surface area (Å²) in [6, 6.07) is 14.5. The van der Waals surface area contributed by atoms with Crippen LogP contribution < -0.4 is 10.9 Å². The molecule has 1 heterocycles. The number of thioether (sulfide) groups is 1. The summed E-state index contributed by atoms with van der Waals surface area (Å²) in [6.07, 6.45) is 0. The standard InChI is InChI=1S/C20H18N4O4S/c1-12(29-17-9-7-16(8-10-17)24(27)28)20(26)23-15-5-3-14(4-6-15)18-11-19(25)22-13(2)21-18/h3-12H,1-2H3,(H,23,26)(H,21,22,25)/t12-/m1/s1. The zero-order chi connectivity index (χ0) is 21.0. The van der Waals surface area contributed by atoms with Gasteiger partial charge in [-0.1, -0.05) is 12.1 Å². The molecule has 0 saturated carbocycles. The fraction of sp³-hybridized carbons (Fsp3) is 0.150. The van der Waals surface area contributed by atoms with E-state index in [0.29, 0.717) is 17.2 Å². The Kier molecular flexibility index (Phi) is 6.08.